The Kier molecular flexibility index (Phi) is 6.89. The minimum Gasteiger partial charge on any atom is -0.507 e. The van der Waals surface area contributed by atoms with E-state index in [0.717, 1.165) is 0 Å². The molecule has 11 nitrogen and oxygen atoms in total. The number of rotatable bonds is 6. The summed E-state index contributed by atoms with van der Waals surface area (Å²) in [5, 5.41) is 22.7. The summed E-state index contributed by atoms with van der Waals surface area (Å²) in [6.07, 6.45) is 0.407. The normalized spacial score (nSPS) is 23.1. The van der Waals surface area contributed by atoms with Gasteiger partial charge in [-0.25, -0.2) is 4.79 Å². The van der Waals surface area contributed by atoms with E-state index in [9.17, 15) is 19.8 Å². The molecule has 2 aromatic rings. The number of hydrogen-bond acceptors (Lipinski definition) is 10. The second kappa shape index (κ2) is 9.96. The van der Waals surface area contributed by atoms with Gasteiger partial charge in [-0.3, -0.25) is 9.69 Å². The lowest BCUT2D eigenvalue weighted by Gasteiger charge is -2.56. The number of ether oxygens (including phenoxy) is 5. The van der Waals surface area contributed by atoms with Crippen molar-refractivity contribution < 1.29 is 43.5 Å². The minimum atomic E-state index is -1.19. The van der Waals surface area contributed by atoms with Gasteiger partial charge in [0.1, 0.15) is 11.5 Å². The number of phenols is 2. The van der Waals surface area contributed by atoms with Crippen LogP contribution in [0.3, 0.4) is 0 Å². The maximum Gasteiger partial charge on any atom is 0.333 e. The molecule has 0 radical (unpaired) electrons. The number of phenolic OH excluding ortho intramolecular Hbond substituents is 2. The van der Waals surface area contributed by atoms with Crippen LogP contribution in [0.2, 0.25) is 0 Å². The molecule has 0 spiro atoms. The first-order valence-corrected chi connectivity index (χ1v) is 13.2. The topological polar surface area (TPSA) is 127 Å². The number of aromatic hydroxyl groups is 2. The summed E-state index contributed by atoms with van der Waals surface area (Å²) in [5.74, 6) is 0.516. The van der Waals surface area contributed by atoms with Gasteiger partial charge >= 0.3 is 5.97 Å². The maximum atomic E-state index is 14.3. The Bertz CT molecular complexity index is 1410. The number of hydrogen-bond donors (Lipinski definition) is 2. The van der Waals surface area contributed by atoms with Gasteiger partial charge in [0.05, 0.1) is 53.2 Å². The van der Waals surface area contributed by atoms with E-state index < -0.39 is 30.1 Å². The molecule has 216 valence electrons. The van der Waals surface area contributed by atoms with E-state index in [0.29, 0.717) is 44.9 Å². The lowest BCUT2D eigenvalue weighted by atomic mass is 9.73. The van der Waals surface area contributed by atoms with Gasteiger partial charge in [0.25, 0.3) is 0 Å². The molecule has 2 bridgehead atoms. The smallest absolute Gasteiger partial charge is 0.333 e. The van der Waals surface area contributed by atoms with Crippen molar-refractivity contribution >= 4 is 11.9 Å². The van der Waals surface area contributed by atoms with Crippen molar-refractivity contribution in [2.45, 2.75) is 57.8 Å². The molecule has 0 aliphatic carbocycles. The highest BCUT2D eigenvalue weighted by Gasteiger charge is 2.58. The average molecular weight is 557 g/mol. The highest BCUT2D eigenvalue weighted by Crippen LogP contribution is 2.58. The first-order valence-electron chi connectivity index (χ1n) is 13.2. The van der Waals surface area contributed by atoms with E-state index in [1.807, 2.05) is 11.9 Å². The third-order valence-electron chi connectivity index (χ3n) is 8.69. The molecule has 4 atom stereocenters. The molecule has 5 rings (SSSR count). The summed E-state index contributed by atoms with van der Waals surface area (Å²) >= 11 is 0. The van der Waals surface area contributed by atoms with Gasteiger partial charge < -0.3 is 38.8 Å². The summed E-state index contributed by atoms with van der Waals surface area (Å²) in [6.45, 7) is 5.25. The van der Waals surface area contributed by atoms with Crippen LogP contribution >= 0.6 is 0 Å². The molecule has 11 heteroatoms. The highest BCUT2D eigenvalue weighted by atomic mass is 16.5. The molecule has 3 aliphatic rings. The highest BCUT2D eigenvalue weighted by molar-refractivity contribution is 5.93. The predicted molar refractivity (Wildman–Crippen MR) is 144 cm³/mol. The molecule has 0 aromatic heterocycles. The van der Waals surface area contributed by atoms with Crippen molar-refractivity contribution in [2.75, 3.05) is 42.1 Å². The van der Waals surface area contributed by atoms with E-state index >= 15 is 0 Å². The first-order chi connectivity index (χ1) is 19.1. The fourth-order valence-corrected chi connectivity index (χ4v) is 6.97. The predicted octanol–water partition coefficient (Wildman–Crippen LogP) is 2.72. The van der Waals surface area contributed by atoms with E-state index in [4.69, 9.17) is 23.7 Å². The van der Waals surface area contributed by atoms with Crippen molar-refractivity contribution in [2.24, 2.45) is 0 Å². The van der Waals surface area contributed by atoms with Crippen LogP contribution in [0.4, 0.5) is 0 Å². The molecule has 40 heavy (non-hydrogen) atoms. The number of amides is 1. The van der Waals surface area contributed by atoms with Gasteiger partial charge in [-0.2, -0.15) is 0 Å². The largest absolute Gasteiger partial charge is 0.507 e. The van der Waals surface area contributed by atoms with E-state index in [-0.39, 0.29) is 48.4 Å². The molecule has 3 heterocycles. The third kappa shape index (κ3) is 3.52. The Balaban J connectivity index is 1.84. The Morgan fingerprint density at radius 2 is 1.35 bits per heavy atom. The van der Waals surface area contributed by atoms with Crippen LogP contribution in [0, 0.1) is 13.8 Å². The number of benzene rings is 2. The summed E-state index contributed by atoms with van der Waals surface area (Å²) in [7, 11) is 7.82. The van der Waals surface area contributed by atoms with Gasteiger partial charge in [0.2, 0.25) is 5.91 Å². The van der Waals surface area contributed by atoms with Gasteiger partial charge in [0, 0.05) is 39.8 Å². The maximum absolute atomic E-state index is 14.3. The number of nitrogens with zero attached hydrogens (tertiary/aromatic N) is 2. The number of carbonyl (C=O) groups is 2. The molecule has 0 saturated carbocycles. The lowest BCUT2D eigenvalue weighted by Crippen LogP contribution is -2.67. The van der Waals surface area contributed by atoms with Crippen molar-refractivity contribution in [3.63, 3.8) is 0 Å². The van der Waals surface area contributed by atoms with Crippen molar-refractivity contribution in [1.82, 2.24) is 9.80 Å². The molecule has 3 aliphatic heterocycles. The molecular formula is C29H36N2O9. The number of fused-ring (bicyclic) bond motifs is 7. The van der Waals surface area contributed by atoms with Crippen LogP contribution < -0.4 is 18.9 Å². The minimum absolute atomic E-state index is 0.0360. The quantitative estimate of drug-likeness (QED) is 0.513. The van der Waals surface area contributed by atoms with Gasteiger partial charge in [0.15, 0.2) is 29.0 Å². The SMILES string of the molecule is CCOC(=O)[C@@H]1c2c(c(O)c(C)c(OC)c2OC)C[C@H]2[C@H]3c4c(c(O)c(C)c(OC)c4OC)C[C@@H](C(=O)N12)N3C. The zero-order valence-corrected chi connectivity index (χ0v) is 24.1. The molecule has 0 unspecified atom stereocenters. The van der Waals surface area contributed by atoms with Crippen molar-refractivity contribution in [1.29, 1.82) is 0 Å². The number of likely N-dealkylation sites (N-methyl/N-ethyl adjacent to an activating group) is 1. The fraction of sp³-hybridized carbons (Fsp3) is 0.517. The molecular weight excluding hydrogens is 520 g/mol. The first kappa shape index (κ1) is 27.7. The summed E-state index contributed by atoms with van der Waals surface area (Å²) < 4.78 is 28.3. The monoisotopic (exact) mass is 556 g/mol. The van der Waals surface area contributed by atoms with Gasteiger partial charge in [-0.15, -0.1) is 0 Å². The number of esters is 1. The van der Waals surface area contributed by atoms with Gasteiger partial charge in [-0.05, 0) is 34.2 Å². The summed E-state index contributed by atoms with van der Waals surface area (Å²) in [6, 6.07) is -2.98. The third-order valence-corrected chi connectivity index (χ3v) is 8.69. The Hall–Kier alpha value is -3.86. The molecule has 1 saturated heterocycles. The standard InChI is InChI=1S/C29H36N2O9/c1-9-40-29(35)21-19-14(22(32)12(2)25(37-6)27(19)39-8)10-16-20-18-15(11-17(30(20)4)28(34)31(16)21)23(33)13(3)24(36-5)26(18)38-7/h16-17,20-21,32-33H,9-11H2,1-8H3/t16-,17-,20-,21-/m0/s1. The van der Waals surface area contributed by atoms with Crippen LogP contribution in [0.1, 0.15) is 52.4 Å². The fourth-order valence-electron chi connectivity index (χ4n) is 6.97. The van der Waals surface area contributed by atoms with Gasteiger partial charge in [-0.1, -0.05) is 0 Å². The molecule has 1 amide bonds. The Morgan fingerprint density at radius 1 is 0.850 bits per heavy atom. The van der Waals surface area contributed by atoms with Crippen molar-refractivity contribution in [3.05, 3.63) is 33.4 Å². The molecule has 1 fully saturated rings. The lowest BCUT2D eigenvalue weighted by molar-refractivity contribution is -0.169. The van der Waals surface area contributed by atoms with E-state index in [2.05, 4.69) is 0 Å². The van der Waals surface area contributed by atoms with Crippen molar-refractivity contribution in [3.8, 4) is 34.5 Å². The van der Waals surface area contributed by atoms with Crippen LogP contribution in [0.25, 0.3) is 0 Å². The van der Waals surface area contributed by atoms with Crippen LogP contribution in [-0.4, -0.2) is 86.1 Å². The zero-order chi connectivity index (χ0) is 29.2. The van der Waals surface area contributed by atoms with Crippen LogP contribution in [0.5, 0.6) is 34.5 Å². The van der Waals surface area contributed by atoms with E-state index in [1.165, 1.54) is 28.4 Å². The summed E-state index contributed by atoms with van der Waals surface area (Å²) in [4.78, 5) is 31.5. The van der Waals surface area contributed by atoms with Crippen LogP contribution in [-0.2, 0) is 27.2 Å². The zero-order valence-electron chi connectivity index (χ0n) is 24.1. The second-order valence-electron chi connectivity index (χ2n) is 10.4. The van der Waals surface area contributed by atoms with E-state index in [1.54, 1.807) is 25.7 Å². The number of methoxy groups -OCH3 is 4. The average Bonchev–Trinajstić information content (AvgIpc) is 2.94. The second-order valence-corrected chi connectivity index (χ2v) is 10.4. The Labute approximate surface area is 233 Å². The summed E-state index contributed by atoms with van der Waals surface area (Å²) in [5.41, 5.74) is 3.11. The Morgan fingerprint density at radius 3 is 1.85 bits per heavy atom. The van der Waals surface area contributed by atoms with Crippen LogP contribution in [0.15, 0.2) is 0 Å². The molecule has 2 N–H and O–H groups in total. The molecule has 2 aromatic carbocycles. The number of piperazine rings is 1. The number of carbonyl (C=O) groups excluding carboxylic acids is 2.